The monoisotopic (exact) mass is 330 g/mol. The van der Waals surface area contributed by atoms with Crippen molar-refractivity contribution in [3.05, 3.63) is 35.5 Å². The number of para-hydroxylation sites is 1. The van der Waals surface area contributed by atoms with E-state index >= 15 is 0 Å². The fourth-order valence-corrected chi connectivity index (χ4v) is 2.91. The van der Waals surface area contributed by atoms with Crippen LogP contribution in [-0.2, 0) is 16.0 Å². The zero-order valence-corrected chi connectivity index (χ0v) is 14.2. The molecule has 2 rings (SSSR count). The Bertz CT molecular complexity index is 691. The number of carbonyl (C=O) groups excluding carboxylic acids is 1. The first-order valence-electron chi connectivity index (χ1n) is 8.62. The Balaban J connectivity index is 1.65. The number of aromatic nitrogens is 1. The predicted molar refractivity (Wildman–Crippen MR) is 95.1 cm³/mol. The van der Waals surface area contributed by atoms with Gasteiger partial charge in [0, 0.05) is 30.1 Å². The Kier molecular flexibility index (Phi) is 6.85. The van der Waals surface area contributed by atoms with Gasteiger partial charge in [-0.2, -0.15) is 0 Å². The molecule has 0 radical (unpaired) electrons. The van der Waals surface area contributed by atoms with Crippen molar-refractivity contribution in [3.63, 3.8) is 0 Å². The van der Waals surface area contributed by atoms with E-state index in [2.05, 4.69) is 23.3 Å². The van der Waals surface area contributed by atoms with Crippen LogP contribution in [0.25, 0.3) is 10.9 Å². The first-order valence-corrected chi connectivity index (χ1v) is 8.62. The van der Waals surface area contributed by atoms with Gasteiger partial charge < -0.3 is 15.4 Å². The van der Waals surface area contributed by atoms with Gasteiger partial charge in [0.1, 0.15) is 0 Å². The lowest BCUT2D eigenvalue weighted by atomic mass is 10.1. The average molecular weight is 330 g/mol. The van der Waals surface area contributed by atoms with Crippen molar-refractivity contribution in [2.45, 2.75) is 51.9 Å². The highest BCUT2D eigenvalue weighted by atomic mass is 16.4. The molecule has 1 aromatic carbocycles. The minimum atomic E-state index is -0.727. The summed E-state index contributed by atoms with van der Waals surface area (Å²) in [5, 5.41) is 12.6. The van der Waals surface area contributed by atoms with Crippen LogP contribution in [0, 0.1) is 6.92 Å². The maximum Gasteiger partial charge on any atom is 0.303 e. The molecule has 0 aliphatic carbocycles. The topological polar surface area (TPSA) is 82.2 Å². The quantitative estimate of drug-likeness (QED) is 0.583. The van der Waals surface area contributed by atoms with Crippen molar-refractivity contribution in [1.29, 1.82) is 0 Å². The summed E-state index contributed by atoms with van der Waals surface area (Å²) in [6, 6.07) is 6.11. The number of fused-ring (bicyclic) bond motifs is 1. The molecule has 0 fully saturated rings. The molecule has 0 atom stereocenters. The van der Waals surface area contributed by atoms with Gasteiger partial charge in [0.15, 0.2) is 0 Å². The van der Waals surface area contributed by atoms with E-state index in [1.807, 2.05) is 18.3 Å². The maximum absolute atomic E-state index is 12.1. The van der Waals surface area contributed by atoms with Crippen molar-refractivity contribution in [2.75, 3.05) is 6.54 Å². The lowest BCUT2D eigenvalue weighted by Crippen LogP contribution is -2.26. The summed E-state index contributed by atoms with van der Waals surface area (Å²) in [7, 11) is 0. The number of benzene rings is 1. The van der Waals surface area contributed by atoms with Gasteiger partial charge in [-0.1, -0.05) is 37.5 Å². The molecule has 2 aromatic rings. The number of aromatic amines is 1. The minimum Gasteiger partial charge on any atom is -0.481 e. The van der Waals surface area contributed by atoms with E-state index in [4.69, 9.17) is 5.11 Å². The molecule has 0 bridgehead atoms. The molecule has 0 aliphatic heterocycles. The molecular formula is C19H26N2O3. The minimum absolute atomic E-state index is 0.0447. The molecule has 0 spiro atoms. The van der Waals surface area contributed by atoms with E-state index < -0.39 is 5.97 Å². The molecule has 0 saturated carbocycles. The number of carbonyl (C=O) groups is 2. The molecule has 130 valence electrons. The molecule has 24 heavy (non-hydrogen) atoms. The zero-order chi connectivity index (χ0) is 17.4. The molecule has 0 saturated heterocycles. The van der Waals surface area contributed by atoms with Crippen LogP contribution >= 0.6 is 0 Å². The predicted octanol–water partition coefficient (Wildman–Crippen LogP) is 3.56. The first-order chi connectivity index (χ1) is 11.6. The number of hydrogen-bond donors (Lipinski definition) is 3. The van der Waals surface area contributed by atoms with Crippen LogP contribution in [0.5, 0.6) is 0 Å². The molecular weight excluding hydrogens is 304 g/mol. The Hall–Kier alpha value is -2.30. The van der Waals surface area contributed by atoms with Crippen LogP contribution in [0.2, 0.25) is 0 Å². The number of H-pyrrole nitrogens is 1. The van der Waals surface area contributed by atoms with Crippen LogP contribution in [0.4, 0.5) is 0 Å². The Morgan fingerprint density at radius 3 is 2.67 bits per heavy atom. The molecule has 5 heteroatoms. The Morgan fingerprint density at radius 2 is 1.88 bits per heavy atom. The number of carboxylic acids is 1. The molecule has 0 aliphatic rings. The van der Waals surface area contributed by atoms with Crippen molar-refractivity contribution in [2.24, 2.45) is 0 Å². The Morgan fingerprint density at radius 1 is 1.12 bits per heavy atom. The molecule has 1 aromatic heterocycles. The molecule has 1 amide bonds. The zero-order valence-electron chi connectivity index (χ0n) is 14.2. The summed E-state index contributed by atoms with van der Waals surface area (Å²) < 4.78 is 0. The maximum atomic E-state index is 12.1. The van der Waals surface area contributed by atoms with Crippen molar-refractivity contribution >= 4 is 22.8 Å². The summed E-state index contributed by atoms with van der Waals surface area (Å²) in [5.74, 6) is -0.682. The van der Waals surface area contributed by atoms with Crippen molar-refractivity contribution in [3.8, 4) is 0 Å². The summed E-state index contributed by atoms with van der Waals surface area (Å²) in [4.78, 5) is 25.7. The molecule has 0 unspecified atom stereocenters. The van der Waals surface area contributed by atoms with Gasteiger partial charge >= 0.3 is 5.97 Å². The number of rotatable bonds is 10. The van der Waals surface area contributed by atoms with Crippen LogP contribution in [0.3, 0.4) is 0 Å². The summed E-state index contributed by atoms with van der Waals surface area (Å²) in [5.41, 5.74) is 3.31. The number of hydrogen-bond acceptors (Lipinski definition) is 2. The van der Waals surface area contributed by atoms with E-state index in [1.165, 1.54) is 5.56 Å². The third-order valence-electron chi connectivity index (χ3n) is 4.25. The van der Waals surface area contributed by atoms with Gasteiger partial charge in [-0.05, 0) is 30.9 Å². The van der Waals surface area contributed by atoms with Crippen LogP contribution in [-0.4, -0.2) is 28.5 Å². The second-order valence-corrected chi connectivity index (χ2v) is 6.25. The van der Waals surface area contributed by atoms with E-state index in [1.54, 1.807) is 0 Å². The highest BCUT2D eigenvalue weighted by Crippen LogP contribution is 2.21. The second kappa shape index (κ2) is 9.11. The normalized spacial score (nSPS) is 10.9. The van der Waals surface area contributed by atoms with Crippen molar-refractivity contribution in [1.82, 2.24) is 10.3 Å². The number of nitrogens with one attached hydrogen (secondary N) is 2. The largest absolute Gasteiger partial charge is 0.481 e. The third kappa shape index (κ3) is 5.41. The third-order valence-corrected chi connectivity index (χ3v) is 4.25. The highest BCUT2D eigenvalue weighted by Gasteiger charge is 2.09. The van der Waals surface area contributed by atoms with E-state index in [-0.39, 0.29) is 12.3 Å². The highest BCUT2D eigenvalue weighted by molar-refractivity contribution is 5.90. The number of aliphatic carboxylic acids is 1. The van der Waals surface area contributed by atoms with E-state index in [0.717, 1.165) is 48.6 Å². The van der Waals surface area contributed by atoms with Gasteiger partial charge in [0.25, 0.3) is 0 Å². The summed E-state index contributed by atoms with van der Waals surface area (Å²) in [6.45, 7) is 2.73. The lowest BCUT2D eigenvalue weighted by molar-refractivity contribution is -0.137. The fourth-order valence-electron chi connectivity index (χ4n) is 2.91. The number of unbranched alkanes of at least 4 members (excludes halogenated alkanes) is 4. The van der Waals surface area contributed by atoms with Gasteiger partial charge in [-0.3, -0.25) is 9.59 Å². The molecule has 1 heterocycles. The van der Waals surface area contributed by atoms with Crippen LogP contribution in [0.15, 0.2) is 24.4 Å². The lowest BCUT2D eigenvalue weighted by Gasteiger charge is -2.05. The van der Waals surface area contributed by atoms with Crippen LogP contribution < -0.4 is 5.32 Å². The fraction of sp³-hybridized carbons (Fsp3) is 0.474. The van der Waals surface area contributed by atoms with Gasteiger partial charge in [-0.15, -0.1) is 0 Å². The van der Waals surface area contributed by atoms with E-state index in [0.29, 0.717) is 13.0 Å². The second-order valence-electron chi connectivity index (χ2n) is 6.25. The van der Waals surface area contributed by atoms with Gasteiger partial charge in [-0.25, -0.2) is 0 Å². The van der Waals surface area contributed by atoms with Gasteiger partial charge in [0.2, 0.25) is 5.91 Å². The number of amides is 1. The van der Waals surface area contributed by atoms with Crippen LogP contribution in [0.1, 0.15) is 49.7 Å². The summed E-state index contributed by atoms with van der Waals surface area (Å²) in [6.07, 6.45) is 7.21. The smallest absolute Gasteiger partial charge is 0.303 e. The summed E-state index contributed by atoms with van der Waals surface area (Å²) >= 11 is 0. The SMILES string of the molecule is Cc1cccc2c(CC(=O)NCCCCCCCC(=O)O)c[nH]c12. The average Bonchev–Trinajstić information content (AvgIpc) is 2.94. The van der Waals surface area contributed by atoms with E-state index in [9.17, 15) is 9.59 Å². The first kappa shape index (κ1) is 18.0. The number of carboxylic acid groups (broad SMARTS) is 1. The Labute approximate surface area is 142 Å². The molecule has 5 nitrogen and oxygen atoms in total. The standard InChI is InChI=1S/C19H26N2O3/c1-14-8-7-9-16-15(13-21-19(14)16)12-17(22)20-11-6-4-2-3-5-10-18(23)24/h7-9,13,21H,2-6,10-12H2,1H3,(H,20,22)(H,23,24). The molecule has 3 N–H and O–H groups in total. The number of aryl methyl sites for hydroxylation is 1. The van der Waals surface area contributed by atoms with Gasteiger partial charge in [0.05, 0.1) is 6.42 Å². The van der Waals surface area contributed by atoms with Crippen molar-refractivity contribution < 1.29 is 14.7 Å².